The molecule has 8 N–H and O–H groups in total. The lowest BCUT2D eigenvalue weighted by atomic mass is 10.00. The number of amides is 3. The number of carbonyl (C=O) groups is 5. The van der Waals surface area contributed by atoms with Gasteiger partial charge in [-0.15, -0.1) is 33.3 Å². The third-order valence-corrected chi connectivity index (χ3v) is 12.0. The van der Waals surface area contributed by atoms with E-state index in [9.17, 15) is 43.7 Å². The fourth-order valence-corrected chi connectivity index (χ4v) is 9.28. The second-order valence-corrected chi connectivity index (χ2v) is 15.3. The van der Waals surface area contributed by atoms with Gasteiger partial charge in [-0.2, -0.15) is 5.21 Å². The molecule has 7 rings (SSSR count). The Morgan fingerprint density at radius 1 is 1.22 bits per heavy atom. The SMILES string of the molecule is Nc1nc(/C(=N/O[C@@H](CC(=O)O)C(=O)O)C(=O)N[C@@H]2C(=O)N3C(c4nn[nH]n4)=C(C[N+]45CCC[C@H]4CN(C(=O)c4cc(O)c(O)c(F)c4)CC5)CS[C@H]23)cs1. The summed E-state index contributed by atoms with van der Waals surface area (Å²) in [6, 6.07) is 0.858. The zero-order valence-corrected chi connectivity index (χ0v) is 30.1. The van der Waals surface area contributed by atoms with E-state index in [1.807, 2.05) is 0 Å². The first-order chi connectivity index (χ1) is 26.3. The second-order valence-electron chi connectivity index (χ2n) is 13.3. The number of oxime groups is 1. The molecule has 55 heavy (non-hydrogen) atoms. The van der Waals surface area contributed by atoms with Crippen LogP contribution in [0.1, 0.15) is 41.1 Å². The molecule has 4 aliphatic rings. The Morgan fingerprint density at radius 2 is 2.02 bits per heavy atom. The van der Waals surface area contributed by atoms with E-state index in [0.717, 1.165) is 48.4 Å². The number of hydrogen-bond acceptors (Lipinski definition) is 16. The van der Waals surface area contributed by atoms with Crippen molar-refractivity contribution in [1.82, 2.24) is 40.7 Å². The molecule has 24 heteroatoms. The number of carboxylic acids is 2. The summed E-state index contributed by atoms with van der Waals surface area (Å²) in [7, 11) is 0. The maximum Gasteiger partial charge on any atom is 0.348 e. The number of phenols is 2. The fourth-order valence-electron chi connectivity index (χ4n) is 7.40. The molecule has 0 spiro atoms. The number of hydrogen-bond donors (Lipinski definition) is 7. The van der Waals surface area contributed by atoms with E-state index < -0.39 is 76.6 Å². The molecular formula is C31H33FN11O10S2+. The highest BCUT2D eigenvalue weighted by Gasteiger charge is 2.56. The van der Waals surface area contributed by atoms with E-state index in [-0.39, 0.29) is 28.3 Å². The molecule has 0 saturated carbocycles. The molecule has 2 aromatic heterocycles. The van der Waals surface area contributed by atoms with E-state index in [4.69, 9.17) is 15.7 Å². The van der Waals surface area contributed by atoms with Gasteiger partial charge in [0.1, 0.15) is 29.7 Å². The molecule has 1 unspecified atom stereocenters. The predicted molar refractivity (Wildman–Crippen MR) is 187 cm³/mol. The summed E-state index contributed by atoms with van der Waals surface area (Å²) in [5.41, 5.74) is 6.34. The van der Waals surface area contributed by atoms with Crippen LogP contribution in [0, 0.1) is 5.82 Å². The van der Waals surface area contributed by atoms with Crippen molar-refractivity contribution in [2.45, 2.75) is 42.8 Å². The summed E-state index contributed by atoms with van der Waals surface area (Å²) in [5, 5.41) is 59.5. The number of nitrogens with zero attached hydrogens (tertiary/aromatic N) is 8. The molecule has 4 aliphatic heterocycles. The maximum atomic E-state index is 14.2. The van der Waals surface area contributed by atoms with Gasteiger partial charge < -0.3 is 45.7 Å². The van der Waals surface area contributed by atoms with Crippen LogP contribution in [-0.2, 0) is 24.0 Å². The van der Waals surface area contributed by atoms with Gasteiger partial charge in [-0.1, -0.05) is 5.16 Å². The molecule has 1 aromatic carbocycles. The molecule has 0 radical (unpaired) electrons. The summed E-state index contributed by atoms with van der Waals surface area (Å²) >= 11 is 2.35. The Labute approximate surface area is 317 Å². The Hall–Kier alpha value is -5.88. The second kappa shape index (κ2) is 14.7. The third kappa shape index (κ3) is 7.09. The number of piperazine rings is 1. The number of nitrogen functional groups attached to an aromatic ring is 1. The molecule has 3 amide bonds. The van der Waals surface area contributed by atoms with Gasteiger partial charge in [-0.25, -0.2) is 14.2 Å². The van der Waals surface area contributed by atoms with Gasteiger partial charge >= 0.3 is 11.9 Å². The lowest BCUT2D eigenvalue weighted by molar-refractivity contribution is -0.938. The molecule has 21 nitrogen and oxygen atoms in total. The zero-order chi connectivity index (χ0) is 39.2. The minimum absolute atomic E-state index is 0.00466. The van der Waals surface area contributed by atoms with Crippen LogP contribution < -0.4 is 11.1 Å². The van der Waals surface area contributed by atoms with Gasteiger partial charge in [0.15, 0.2) is 28.2 Å². The van der Waals surface area contributed by atoms with Crippen LogP contribution >= 0.6 is 23.1 Å². The number of rotatable bonds is 12. The van der Waals surface area contributed by atoms with Crippen molar-refractivity contribution in [1.29, 1.82) is 0 Å². The Bertz CT molecular complexity index is 2110. The number of thioether (sulfide) groups is 1. The maximum absolute atomic E-state index is 14.2. The average Bonchev–Trinajstić information content (AvgIpc) is 3.93. The zero-order valence-electron chi connectivity index (χ0n) is 28.5. The van der Waals surface area contributed by atoms with Crippen molar-refractivity contribution in [3.63, 3.8) is 0 Å². The Balaban J connectivity index is 1.10. The number of β-lactam (4-membered cyclic amide) rings is 1. The molecule has 3 fully saturated rings. The summed E-state index contributed by atoms with van der Waals surface area (Å²) < 4.78 is 14.8. The highest BCUT2D eigenvalue weighted by atomic mass is 32.2. The number of carboxylic acid groups (broad SMARTS) is 2. The van der Waals surface area contributed by atoms with Crippen molar-refractivity contribution in [2.24, 2.45) is 5.16 Å². The monoisotopic (exact) mass is 802 g/mol. The van der Waals surface area contributed by atoms with Crippen LogP contribution in [0.15, 0.2) is 28.2 Å². The van der Waals surface area contributed by atoms with E-state index in [2.05, 4.69) is 36.1 Å². The van der Waals surface area contributed by atoms with E-state index in [1.54, 1.807) is 4.90 Å². The summed E-state index contributed by atoms with van der Waals surface area (Å²) in [4.78, 5) is 75.6. The molecule has 3 aromatic rings. The van der Waals surface area contributed by atoms with Crippen molar-refractivity contribution < 1.29 is 58.1 Å². The molecule has 6 heterocycles. The number of aromatic nitrogens is 5. The summed E-state index contributed by atoms with van der Waals surface area (Å²) in [6.07, 6.45) is -1.19. The number of fused-ring (bicyclic) bond motifs is 2. The van der Waals surface area contributed by atoms with E-state index >= 15 is 0 Å². The highest BCUT2D eigenvalue weighted by Crippen LogP contribution is 2.45. The number of nitrogens with one attached hydrogen (secondary N) is 2. The largest absolute Gasteiger partial charge is 0.504 e. The van der Waals surface area contributed by atoms with Gasteiger partial charge in [0.2, 0.25) is 11.9 Å². The predicted octanol–water partition coefficient (Wildman–Crippen LogP) is -0.616. The molecule has 0 bridgehead atoms. The standard InChI is InChI=1S/C31H32FN11O10S2/c32-16-6-13(7-18(44)24(16)47)27(49)41-3-5-43(4-1-2-15(43)9-41)10-14-11-54-29-22(28(50)42(29)23(14)25-36-39-40-37-25)35-26(48)21(17-12-55-31(33)34-17)38-53-19(30(51)52)8-20(45)46/h6-7,12,15,19,22,29H,1-5,8-11H2,(H7-,33,34,35,36,37,38,39,40,44,45,46,47,48,49,51,52)/p+1/t15-,19-,22+,29+,43?/m0/s1. The van der Waals surface area contributed by atoms with Crippen LogP contribution in [0.25, 0.3) is 5.70 Å². The van der Waals surface area contributed by atoms with Crippen molar-refractivity contribution in [2.75, 3.05) is 44.2 Å². The minimum atomic E-state index is -1.92. The Kier molecular flexibility index (Phi) is 10.0. The number of phenolic OH excluding ortho intramolecular Hbond substituents is 2. The number of aliphatic carboxylic acids is 2. The number of anilines is 1. The van der Waals surface area contributed by atoms with Crippen molar-refractivity contribution >= 4 is 69.3 Å². The summed E-state index contributed by atoms with van der Waals surface area (Å²) in [5.74, 6) is -7.20. The number of aromatic hydroxyl groups is 2. The van der Waals surface area contributed by atoms with Crippen molar-refractivity contribution in [3.8, 4) is 11.5 Å². The number of nitrogens with two attached hydrogens (primary N) is 1. The number of aromatic amines is 1. The number of quaternary nitrogens is 1. The fraction of sp³-hybridized carbons (Fsp3) is 0.419. The van der Waals surface area contributed by atoms with E-state index in [0.29, 0.717) is 42.1 Å². The number of benzene rings is 1. The molecule has 290 valence electrons. The topological polar surface area (TPSA) is 300 Å². The number of tetrazole rings is 1. The van der Waals surface area contributed by atoms with Gasteiger partial charge in [0.25, 0.3) is 17.7 Å². The normalized spacial score (nSPS) is 24.1. The van der Waals surface area contributed by atoms with Gasteiger partial charge in [0, 0.05) is 35.1 Å². The van der Waals surface area contributed by atoms with Crippen LogP contribution in [0.3, 0.4) is 0 Å². The third-order valence-electron chi connectivity index (χ3n) is 10.0. The number of thiazole rings is 1. The first-order valence-electron chi connectivity index (χ1n) is 16.7. The van der Waals surface area contributed by atoms with Gasteiger partial charge in [0.05, 0.1) is 38.3 Å². The molecular weight excluding hydrogens is 770 g/mol. The van der Waals surface area contributed by atoms with E-state index in [1.165, 1.54) is 22.0 Å². The molecule has 0 aliphatic carbocycles. The van der Waals surface area contributed by atoms with Crippen molar-refractivity contribution in [3.05, 3.63) is 46.0 Å². The van der Waals surface area contributed by atoms with Gasteiger partial charge in [-0.3, -0.25) is 24.1 Å². The van der Waals surface area contributed by atoms with Crippen LogP contribution in [0.4, 0.5) is 9.52 Å². The smallest absolute Gasteiger partial charge is 0.348 e. The van der Waals surface area contributed by atoms with Crippen LogP contribution in [-0.4, -0.2) is 158 Å². The lowest BCUT2D eigenvalue weighted by Crippen LogP contribution is -2.70. The molecule has 3 saturated heterocycles. The number of H-pyrrole nitrogens is 1. The first kappa shape index (κ1) is 37.4. The average molecular weight is 803 g/mol. The quantitative estimate of drug-likeness (QED) is 0.0395. The van der Waals surface area contributed by atoms with Crippen LogP contribution in [0.5, 0.6) is 11.5 Å². The van der Waals surface area contributed by atoms with Gasteiger partial charge in [-0.05, 0) is 17.3 Å². The Morgan fingerprint density at radius 3 is 2.69 bits per heavy atom. The highest BCUT2D eigenvalue weighted by molar-refractivity contribution is 8.00. The lowest BCUT2D eigenvalue weighted by Gasteiger charge is -2.52. The first-order valence-corrected chi connectivity index (χ1v) is 18.7. The number of halogens is 1. The van der Waals surface area contributed by atoms with Crippen LogP contribution in [0.2, 0.25) is 0 Å². The number of carbonyl (C=O) groups excluding carboxylic acids is 3. The summed E-state index contributed by atoms with van der Waals surface area (Å²) in [6.45, 7) is 2.53. The minimum Gasteiger partial charge on any atom is -0.504 e. The molecule has 5 atom stereocenters.